The van der Waals surface area contributed by atoms with Crippen molar-refractivity contribution >= 4 is 10.9 Å². The molecular formula is C19H22N4O2. The lowest BCUT2D eigenvalue weighted by atomic mass is 9.96. The van der Waals surface area contributed by atoms with Gasteiger partial charge in [0.1, 0.15) is 5.76 Å². The molecule has 0 aliphatic carbocycles. The van der Waals surface area contributed by atoms with E-state index in [4.69, 9.17) is 4.52 Å². The van der Waals surface area contributed by atoms with Crippen molar-refractivity contribution in [3.63, 3.8) is 0 Å². The summed E-state index contributed by atoms with van der Waals surface area (Å²) >= 11 is 0. The van der Waals surface area contributed by atoms with Crippen molar-refractivity contribution in [2.45, 2.75) is 32.9 Å². The lowest BCUT2D eigenvalue weighted by Crippen LogP contribution is -2.36. The molecule has 1 saturated heterocycles. The summed E-state index contributed by atoms with van der Waals surface area (Å²) in [7, 11) is 0. The van der Waals surface area contributed by atoms with E-state index in [0.29, 0.717) is 11.3 Å². The Bertz CT molecular complexity index is 922. The third kappa shape index (κ3) is 3.35. The van der Waals surface area contributed by atoms with E-state index in [1.807, 2.05) is 37.4 Å². The van der Waals surface area contributed by atoms with Crippen LogP contribution in [0.5, 0.6) is 0 Å². The van der Waals surface area contributed by atoms with Gasteiger partial charge in [-0.05, 0) is 50.9 Å². The normalized spacial score (nSPS) is 16.5. The van der Waals surface area contributed by atoms with Crippen LogP contribution in [-0.2, 0) is 13.1 Å². The molecule has 0 N–H and O–H groups in total. The molecule has 1 aliphatic rings. The highest BCUT2D eigenvalue weighted by Crippen LogP contribution is 2.21. The molecule has 2 aromatic heterocycles. The number of hydrogen-bond acceptors (Lipinski definition) is 5. The Morgan fingerprint density at radius 2 is 2.04 bits per heavy atom. The Balaban J connectivity index is 1.40. The quantitative estimate of drug-likeness (QED) is 0.732. The predicted molar refractivity (Wildman–Crippen MR) is 95.2 cm³/mol. The zero-order valence-corrected chi connectivity index (χ0v) is 14.4. The third-order valence-corrected chi connectivity index (χ3v) is 5.14. The van der Waals surface area contributed by atoms with Crippen molar-refractivity contribution in [2.75, 3.05) is 13.1 Å². The maximum Gasteiger partial charge on any atom is 0.261 e. The number of piperidine rings is 1. The van der Waals surface area contributed by atoms with E-state index in [-0.39, 0.29) is 5.56 Å². The lowest BCUT2D eigenvalue weighted by molar-refractivity contribution is 0.165. The second-order valence-electron chi connectivity index (χ2n) is 6.85. The summed E-state index contributed by atoms with van der Waals surface area (Å²) in [5.74, 6) is 1.41. The summed E-state index contributed by atoms with van der Waals surface area (Å²) in [6, 6.07) is 7.53. The van der Waals surface area contributed by atoms with Gasteiger partial charge in [0.2, 0.25) is 0 Å². The van der Waals surface area contributed by atoms with Gasteiger partial charge in [-0.15, -0.1) is 0 Å². The minimum Gasteiger partial charge on any atom is -0.361 e. The Hall–Kier alpha value is -2.47. The van der Waals surface area contributed by atoms with E-state index in [1.165, 1.54) is 0 Å². The molecule has 6 heteroatoms. The number of aryl methyl sites for hydroxylation is 1. The van der Waals surface area contributed by atoms with Crippen LogP contribution in [0.2, 0.25) is 0 Å². The SMILES string of the molecule is Cc1oncc1CN1CCC(Cn2cnc3ccccc3c2=O)CC1. The first-order valence-electron chi connectivity index (χ1n) is 8.77. The molecule has 1 aliphatic heterocycles. The van der Waals surface area contributed by atoms with Crippen molar-refractivity contribution in [3.05, 3.63) is 58.5 Å². The van der Waals surface area contributed by atoms with E-state index in [0.717, 1.165) is 55.9 Å². The Morgan fingerprint density at radius 1 is 1.24 bits per heavy atom. The number of likely N-dealkylation sites (tertiary alicyclic amines) is 1. The molecule has 0 saturated carbocycles. The van der Waals surface area contributed by atoms with Crippen molar-refractivity contribution in [3.8, 4) is 0 Å². The van der Waals surface area contributed by atoms with Crippen LogP contribution in [0.15, 0.2) is 46.1 Å². The van der Waals surface area contributed by atoms with Gasteiger partial charge in [0.15, 0.2) is 0 Å². The van der Waals surface area contributed by atoms with Gasteiger partial charge in [-0.3, -0.25) is 14.3 Å². The van der Waals surface area contributed by atoms with Gasteiger partial charge >= 0.3 is 0 Å². The minimum atomic E-state index is 0.0631. The number of nitrogens with zero attached hydrogens (tertiary/aromatic N) is 4. The average molecular weight is 338 g/mol. The van der Waals surface area contributed by atoms with Gasteiger partial charge in [0, 0.05) is 18.7 Å². The van der Waals surface area contributed by atoms with E-state index >= 15 is 0 Å². The van der Waals surface area contributed by atoms with Gasteiger partial charge in [0.05, 0.1) is 23.4 Å². The standard InChI is InChI=1S/C19H22N4O2/c1-14-16(10-21-25-14)12-22-8-6-15(7-9-22)11-23-13-20-18-5-3-2-4-17(18)19(23)24/h2-5,10,13,15H,6-9,11-12H2,1H3. The summed E-state index contributed by atoms with van der Waals surface area (Å²) in [5, 5.41) is 4.55. The molecule has 1 fully saturated rings. The lowest BCUT2D eigenvalue weighted by Gasteiger charge is -2.31. The topological polar surface area (TPSA) is 64.2 Å². The van der Waals surface area contributed by atoms with E-state index < -0.39 is 0 Å². The Kier molecular flexibility index (Phi) is 4.36. The average Bonchev–Trinajstić information content (AvgIpc) is 3.04. The molecule has 4 rings (SSSR count). The van der Waals surface area contributed by atoms with Gasteiger partial charge in [0.25, 0.3) is 5.56 Å². The van der Waals surface area contributed by atoms with Crippen molar-refractivity contribution in [2.24, 2.45) is 5.92 Å². The molecule has 0 atom stereocenters. The molecule has 6 nitrogen and oxygen atoms in total. The highest BCUT2D eigenvalue weighted by molar-refractivity contribution is 5.76. The van der Waals surface area contributed by atoms with E-state index in [1.54, 1.807) is 10.9 Å². The van der Waals surface area contributed by atoms with Crippen LogP contribution in [0, 0.1) is 12.8 Å². The summed E-state index contributed by atoms with van der Waals surface area (Å²) in [4.78, 5) is 19.5. The van der Waals surface area contributed by atoms with Gasteiger partial charge in [-0.1, -0.05) is 17.3 Å². The van der Waals surface area contributed by atoms with Gasteiger partial charge < -0.3 is 4.52 Å². The number of benzene rings is 1. The predicted octanol–water partition coefficient (Wildman–Crippen LogP) is 2.61. The van der Waals surface area contributed by atoms with Crippen LogP contribution < -0.4 is 5.56 Å². The zero-order chi connectivity index (χ0) is 17.2. The molecule has 0 amide bonds. The molecule has 0 spiro atoms. The first kappa shape index (κ1) is 16.0. The summed E-state index contributed by atoms with van der Waals surface area (Å²) in [6.45, 7) is 5.65. The maximum atomic E-state index is 12.6. The second-order valence-corrected chi connectivity index (χ2v) is 6.85. The number of hydrogen-bond donors (Lipinski definition) is 0. The molecule has 3 aromatic rings. The van der Waals surface area contributed by atoms with Crippen LogP contribution in [-0.4, -0.2) is 32.7 Å². The largest absolute Gasteiger partial charge is 0.361 e. The molecule has 0 unspecified atom stereocenters. The molecule has 3 heterocycles. The molecule has 0 radical (unpaired) electrons. The number of para-hydroxylation sites is 1. The first-order chi connectivity index (χ1) is 12.2. The summed E-state index contributed by atoms with van der Waals surface area (Å²) in [6.07, 6.45) is 5.67. The number of fused-ring (bicyclic) bond motifs is 1. The highest BCUT2D eigenvalue weighted by atomic mass is 16.5. The Labute approximate surface area is 146 Å². The van der Waals surface area contributed by atoms with Crippen LogP contribution in [0.3, 0.4) is 0 Å². The van der Waals surface area contributed by atoms with Crippen molar-refractivity contribution < 1.29 is 4.52 Å². The Morgan fingerprint density at radius 3 is 2.80 bits per heavy atom. The number of rotatable bonds is 4. The first-order valence-corrected chi connectivity index (χ1v) is 8.77. The number of aromatic nitrogens is 3. The van der Waals surface area contributed by atoms with Gasteiger partial charge in [-0.2, -0.15) is 0 Å². The van der Waals surface area contributed by atoms with Crippen LogP contribution in [0.25, 0.3) is 10.9 Å². The van der Waals surface area contributed by atoms with Crippen molar-refractivity contribution in [1.29, 1.82) is 0 Å². The fraction of sp³-hybridized carbons (Fsp3) is 0.421. The van der Waals surface area contributed by atoms with Gasteiger partial charge in [-0.25, -0.2) is 4.98 Å². The molecule has 0 bridgehead atoms. The third-order valence-electron chi connectivity index (χ3n) is 5.14. The monoisotopic (exact) mass is 338 g/mol. The van der Waals surface area contributed by atoms with Crippen LogP contribution in [0.1, 0.15) is 24.2 Å². The van der Waals surface area contributed by atoms with E-state index in [9.17, 15) is 4.79 Å². The molecule has 130 valence electrons. The molecule has 25 heavy (non-hydrogen) atoms. The second kappa shape index (κ2) is 6.80. The molecular weight excluding hydrogens is 316 g/mol. The van der Waals surface area contributed by atoms with Crippen LogP contribution in [0.4, 0.5) is 0 Å². The fourth-order valence-electron chi connectivity index (χ4n) is 3.55. The summed E-state index contributed by atoms with van der Waals surface area (Å²) in [5.41, 5.74) is 1.99. The molecule has 1 aromatic carbocycles. The zero-order valence-electron chi connectivity index (χ0n) is 14.4. The minimum absolute atomic E-state index is 0.0631. The van der Waals surface area contributed by atoms with Crippen molar-refractivity contribution in [1.82, 2.24) is 19.6 Å². The van der Waals surface area contributed by atoms with E-state index in [2.05, 4.69) is 15.0 Å². The summed E-state index contributed by atoms with van der Waals surface area (Å²) < 4.78 is 6.90. The fourth-order valence-corrected chi connectivity index (χ4v) is 3.55. The highest BCUT2D eigenvalue weighted by Gasteiger charge is 2.21. The van der Waals surface area contributed by atoms with Crippen LogP contribution >= 0.6 is 0 Å². The maximum absolute atomic E-state index is 12.6. The smallest absolute Gasteiger partial charge is 0.261 e.